The second-order valence-electron chi connectivity index (χ2n) is 4.05. The minimum Gasteiger partial charge on any atom is -0.431 e. The quantitative estimate of drug-likeness (QED) is 0.679. The Morgan fingerprint density at radius 2 is 2.15 bits per heavy atom. The fourth-order valence-electron chi connectivity index (χ4n) is 1.55. The molecule has 0 aliphatic rings. The van der Waals surface area contributed by atoms with Crippen molar-refractivity contribution < 1.29 is 14.8 Å². The van der Waals surface area contributed by atoms with Gasteiger partial charge in [-0.3, -0.25) is 10.1 Å². The summed E-state index contributed by atoms with van der Waals surface area (Å²) in [5, 5.41) is 20.3. The molecular formula is C13H11BrN2O4. The molecule has 0 spiro atoms. The number of benzene rings is 1. The molecule has 2 aromatic rings. The summed E-state index contributed by atoms with van der Waals surface area (Å²) in [6, 6.07) is 7.75. The van der Waals surface area contributed by atoms with Crippen LogP contribution in [0.25, 0.3) is 0 Å². The highest BCUT2D eigenvalue weighted by atomic mass is 79.9. The van der Waals surface area contributed by atoms with Gasteiger partial charge in [0.1, 0.15) is 0 Å². The number of hydrogen-bond acceptors (Lipinski definition) is 5. The number of hydrogen-bond donors (Lipinski definition) is 1. The summed E-state index contributed by atoms with van der Waals surface area (Å²) in [5.74, 6) is 0.305. The molecule has 0 fully saturated rings. The first-order valence-electron chi connectivity index (χ1n) is 5.74. The van der Waals surface area contributed by atoms with Gasteiger partial charge in [0.25, 0.3) is 0 Å². The Labute approximate surface area is 123 Å². The van der Waals surface area contributed by atoms with Crippen molar-refractivity contribution in [1.29, 1.82) is 0 Å². The minimum atomic E-state index is -0.630. The maximum atomic E-state index is 11.0. The van der Waals surface area contributed by atoms with Crippen LogP contribution in [0.4, 0.5) is 5.69 Å². The molecule has 0 saturated heterocycles. The topological polar surface area (TPSA) is 85.5 Å². The highest BCUT2D eigenvalue weighted by molar-refractivity contribution is 9.10. The van der Waals surface area contributed by atoms with Gasteiger partial charge < -0.3 is 9.84 Å². The summed E-state index contributed by atoms with van der Waals surface area (Å²) in [6.07, 6.45) is 0.831. The molecule has 20 heavy (non-hydrogen) atoms. The fraction of sp³-hybridized carbons (Fsp3) is 0.154. The van der Waals surface area contributed by atoms with Crippen LogP contribution < -0.4 is 4.74 Å². The van der Waals surface area contributed by atoms with Crippen molar-refractivity contribution in [2.24, 2.45) is 0 Å². The molecule has 6 nitrogen and oxygen atoms in total. The monoisotopic (exact) mass is 338 g/mol. The van der Waals surface area contributed by atoms with Crippen molar-refractivity contribution >= 4 is 21.6 Å². The SMILES string of the molecule is C[C@@H](O)c1ccc(Oc2c(Br)cccc2[N+](=O)[O-])nc1. The molecule has 0 aliphatic carbocycles. The highest BCUT2D eigenvalue weighted by Gasteiger charge is 2.19. The van der Waals surface area contributed by atoms with Crippen LogP contribution in [-0.2, 0) is 0 Å². The van der Waals surface area contributed by atoms with Crippen LogP contribution >= 0.6 is 15.9 Å². The molecule has 1 aromatic carbocycles. The minimum absolute atomic E-state index is 0.0924. The van der Waals surface area contributed by atoms with Gasteiger partial charge in [-0.15, -0.1) is 0 Å². The van der Waals surface area contributed by atoms with E-state index in [9.17, 15) is 15.2 Å². The van der Waals surface area contributed by atoms with Gasteiger partial charge in [0.15, 0.2) is 0 Å². The second-order valence-corrected chi connectivity index (χ2v) is 4.91. The Bertz CT molecular complexity index is 629. The van der Waals surface area contributed by atoms with E-state index in [1.165, 1.54) is 12.3 Å². The average molecular weight is 339 g/mol. The first-order valence-corrected chi connectivity index (χ1v) is 6.53. The maximum Gasteiger partial charge on any atom is 0.312 e. The summed E-state index contributed by atoms with van der Waals surface area (Å²) in [6.45, 7) is 1.62. The van der Waals surface area contributed by atoms with Crippen molar-refractivity contribution in [3.63, 3.8) is 0 Å². The van der Waals surface area contributed by atoms with Crippen LogP contribution in [0.15, 0.2) is 41.0 Å². The van der Waals surface area contributed by atoms with Gasteiger partial charge in [-0.05, 0) is 40.5 Å². The van der Waals surface area contributed by atoms with E-state index in [0.29, 0.717) is 10.0 Å². The molecule has 2 rings (SSSR count). The van der Waals surface area contributed by atoms with Crippen molar-refractivity contribution in [1.82, 2.24) is 4.98 Å². The molecule has 0 radical (unpaired) electrons. The van der Waals surface area contributed by atoms with Crippen LogP contribution in [-0.4, -0.2) is 15.0 Å². The first-order chi connectivity index (χ1) is 9.49. The molecule has 104 valence electrons. The van der Waals surface area contributed by atoms with E-state index in [1.54, 1.807) is 31.2 Å². The van der Waals surface area contributed by atoms with Gasteiger partial charge >= 0.3 is 5.69 Å². The Morgan fingerprint density at radius 1 is 1.40 bits per heavy atom. The van der Waals surface area contributed by atoms with Crippen molar-refractivity contribution in [3.05, 3.63) is 56.7 Å². The zero-order valence-electron chi connectivity index (χ0n) is 10.5. The molecule has 0 saturated carbocycles. The summed E-state index contributed by atoms with van der Waals surface area (Å²) in [4.78, 5) is 14.4. The summed E-state index contributed by atoms with van der Waals surface area (Å²) < 4.78 is 5.92. The number of para-hydroxylation sites is 1. The lowest BCUT2D eigenvalue weighted by Gasteiger charge is -2.08. The smallest absolute Gasteiger partial charge is 0.312 e. The van der Waals surface area contributed by atoms with Crippen molar-refractivity contribution in [2.75, 3.05) is 0 Å². The van der Waals surface area contributed by atoms with Gasteiger partial charge in [-0.25, -0.2) is 4.98 Å². The van der Waals surface area contributed by atoms with Crippen LogP contribution in [0, 0.1) is 10.1 Å². The maximum absolute atomic E-state index is 11.0. The number of aliphatic hydroxyl groups is 1. The molecule has 0 aliphatic heterocycles. The van der Waals surface area contributed by atoms with E-state index in [1.807, 2.05) is 0 Å². The van der Waals surface area contributed by atoms with Gasteiger partial charge in [0.05, 0.1) is 15.5 Å². The molecule has 1 N–H and O–H groups in total. The molecule has 0 amide bonds. The molecule has 0 bridgehead atoms. The molecular weight excluding hydrogens is 328 g/mol. The Morgan fingerprint density at radius 3 is 2.70 bits per heavy atom. The number of aliphatic hydroxyl groups excluding tert-OH is 1. The zero-order chi connectivity index (χ0) is 14.7. The van der Waals surface area contributed by atoms with Crippen molar-refractivity contribution in [2.45, 2.75) is 13.0 Å². The van der Waals surface area contributed by atoms with Gasteiger partial charge in [-0.1, -0.05) is 6.07 Å². The van der Waals surface area contributed by atoms with E-state index < -0.39 is 11.0 Å². The summed E-state index contributed by atoms with van der Waals surface area (Å²) >= 11 is 3.21. The number of aromatic nitrogens is 1. The Kier molecular flexibility index (Phi) is 4.31. The lowest BCUT2D eigenvalue weighted by molar-refractivity contribution is -0.385. The predicted octanol–water partition coefficient (Wildman–Crippen LogP) is 3.60. The zero-order valence-corrected chi connectivity index (χ0v) is 12.1. The number of nitro groups is 1. The fourth-order valence-corrected chi connectivity index (χ4v) is 1.98. The molecule has 1 atom stereocenters. The lowest BCUT2D eigenvalue weighted by atomic mass is 10.2. The average Bonchev–Trinajstić information content (AvgIpc) is 2.41. The standard InChI is InChI=1S/C13H11BrN2O4/c1-8(17)9-5-6-12(15-7-9)20-13-10(14)3-2-4-11(13)16(18)19/h2-8,17H,1H3/t8-/m1/s1. The molecule has 1 heterocycles. The van der Waals surface area contributed by atoms with Gasteiger partial charge in [-0.2, -0.15) is 0 Å². The lowest BCUT2D eigenvalue weighted by Crippen LogP contribution is -1.97. The molecule has 7 heteroatoms. The van der Waals surface area contributed by atoms with E-state index in [2.05, 4.69) is 20.9 Å². The Balaban J connectivity index is 2.32. The van der Waals surface area contributed by atoms with Crippen LogP contribution in [0.1, 0.15) is 18.6 Å². The summed E-state index contributed by atoms with van der Waals surface area (Å²) in [5.41, 5.74) is 0.486. The normalized spacial score (nSPS) is 11.9. The summed E-state index contributed by atoms with van der Waals surface area (Å²) in [7, 11) is 0. The van der Waals surface area contributed by atoms with Crippen LogP contribution in [0.3, 0.4) is 0 Å². The van der Waals surface area contributed by atoms with E-state index in [0.717, 1.165) is 0 Å². The second kappa shape index (κ2) is 5.98. The highest BCUT2D eigenvalue weighted by Crippen LogP contribution is 2.37. The number of rotatable bonds is 4. The van der Waals surface area contributed by atoms with Gasteiger partial charge in [0.2, 0.25) is 11.6 Å². The molecule has 0 unspecified atom stereocenters. The van der Waals surface area contributed by atoms with E-state index in [-0.39, 0.29) is 17.3 Å². The predicted molar refractivity (Wildman–Crippen MR) is 75.7 cm³/mol. The third-order valence-corrected chi connectivity index (χ3v) is 3.22. The molecule has 1 aromatic heterocycles. The van der Waals surface area contributed by atoms with Crippen LogP contribution in [0.5, 0.6) is 11.6 Å². The third kappa shape index (κ3) is 3.12. The number of nitrogens with zero attached hydrogens (tertiary/aromatic N) is 2. The number of nitro benzene ring substituents is 1. The number of pyridine rings is 1. The van der Waals surface area contributed by atoms with E-state index >= 15 is 0 Å². The van der Waals surface area contributed by atoms with Gasteiger partial charge in [0, 0.05) is 18.3 Å². The Hall–Kier alpha value is -1.99. The van der Waals surface area contributed by atoms with Crippen LogP contribution in [0.2, 0.25) is 0 Å². The van der Waals surface area contributed by atoms with E-state index in [4.69, 9.17) is 4.74 Å². The number of halogens is 1. The third-order valence-electron chi connectivity index (χ3n) is 2.59. The van der Waals surface area contributed by atoms with Crippen molar-refractivity contribution in [3.8, 4) is 11.6 Å². The first kappa shape index (κ1) is 14.4. The number of ether oxygens (including phenoxy) is 1. The largest absolute Gasteiger partial charge is 0.431 e.